The number of amides is 1. The summed E-state index contributed by atoms with van der Waals surface area (Å²) in [5.41, 5.74) is 1.49. The fourth-order valence-corrected chi connectivity index (χ4v) is 2.71. The van der Waals surface area contributed by atoms with Crippen LogP contribution >= 0.6 is 15.9 Å². The Bertz CT molecular complexity index is 596. The van der Waals surface area contributed by atoms with Gasteiger partial charge in [0.25, 0.3) is 5.91 Å². The molecule has 21 heavy (non-hydrogen) atoms. The van der Waals surface area contributed by atoms with E-state index >= 15 is 0 Å². The van der Waals surface area contributed by atoms with Gasteiger partial charge in [-0.05, 0) is 34.0 Å². The Morgan fingerprint density at radius 3 is 2.71 bits per heavy atom. The molecule has 5 heteroatoms. The lowest BCUT2D eigenvalue weighted by Crippen LogP contribution is -2.32. The van der Waals surface area contributed by atoms with E-state index in [4.69, 9.17) is 0 Å². The molecule has 2 aromatic rings. The van der Waals surface area contributed by atoms with Crippen LogP contribution in [0, 0.1) is 0 Å². The van der Waals surface area contributed by atoms with Gasteiger partial charge in [-0.15, -0.1) is 0 Å². The second-order valence-electron chi connectivity index (χ2n) is 4.86. The van der Waals surface area contributed by atoms with Crippen LogP contribution in [-0.4, -0.2) is 22.2 Å². The number of hydrogen-bond donors (Lipinski definition) is 2. The van der Waals surface area contributed by atoms with Crippen LogP contribution in [0.25, 0.3) is 0 Å². The topological polar surface area (TPSA) is 54.3 Å². The van der Waals surface area contributed by atoms with Crippen molar-refractivity contribution < 1.29 is 9.90 Å². The summed E-state index contributed by atoms with van der Waals surface area (Å²) in [6.45, 7) is 2.71. The number of hydrogen-bond acceptors (Lipinski definition) is 2. The standard InChI is InChI=1S/C16H19BrN2O2/c1-2-8-19-10-13(17)9-15(19)16(21)18-14(11-20)12-6-4-3-5-7-12/h3-7,9-10,14,20H,2,8,11H2,1H3,(H,18,21)/t14-/m1/s1. The Hall–Kier alpha value is -1.59. The zero-order valence-corrected chi connectivity index (χ0v) is 13.5. The summed E-state index contributed by atoms with van der Waals surface area (Å²) >= 11 is 3.40. The first-order valence-corrected chi connectivity index (χ1v) is 7.77. The van der Waals surface area contributed by atoms with Crippen molar-refractivity contribution in [3.8, 4) is 0 Å². The molecule has 0 bridgehead atoms. The molecule has 2 rings (SSSR count). The van der Waals surface area contributed by atoms with Crippen molar-refractivity contribution in [3.05, 3.63) is 58.3 Å². The molecule has 1 aromatic carbocycles. The Morgan fingerprint density at radius 1 is 1.38 bits per heavy atom. The summed E-state index contributed by atoms with van der Waals surface area (Å²) in [6, 6.07) is 10.9. The molecule has 1 amide bonds. The van der Waals surface area contributed by atoms with Gasteiger partial charge in [0.2, 0.25) is 0 Å². The van der Waals surface area contributed by atoms with Gasteiger partial charge in [-0.1, -0.05) is 37.3 Å². The smallest absolute Gasteiger partial charge is 0.268 e. The SMILES string of the molecule is CCCn1cc(Br)cc1C(=O)N[C@H](CO)c1ccccc1. The second-order valence-corrected chi connectivity index (χ2v) is 5.77. The van der Waals surface area contributed by atoms with Crippen LogP contribution in [0.1, 0.15) is 35.4 Å². The number of nitrogens with zero attached hydrogens (tertiary/aromatic N) is 1. The molecule has 0 radical (unpaired) electrons. The molecule has 112 valence electrons. The maximum absolute atomic E-state index is 12.4. The van der Waals surface area contributed by atoms with E-state index in [1.54, 1.807) is 6.07 Å². The first-order chi connectivity index (χ1) is 10.2. The lowest BCUT2D eigenvalue weighted by Gasteiger charge is -2.17. The van der Waals surface area contributed by atoms with Gasteiger partial charge in [-0.2, -0.15) is 0 Å². The summed E-state index contributed by atoms with van der Waals surface area (Å²) in [5, 5.41) is 12.4. The highest BCUT2D eigenvalue weighted by Crippen LogP contribution is 2.18. The Labute approximate surface area is 132 Å². The summed E-state index contributed by atoms with van der Waals surface area (Å²) < 4.78 is 2.79. The minimum atomic E-state index is -0.401. The third kappa shape index (κ3) is 3.95. The van der Waals surface area contributed by atoms with E-state index in [1.807, 2.05) is 41.1 Å². The molecule has 0 unspecified atom stereocenters. The predicted molar refractivity (Wildman–Crippen MR) is 86.2 cm³/mol. The predicted octanol–water partition coefficient (Wildman–Crippen LogP) is 3.12. The van der Waals surface area contributed by atoms with Crippen molar-refractivity contribution in [2.75, 3.05) is 6.61 Å². The number of rotatable bonds is 6. The molecule has 0 spiro atoms. The van der Waals surface area contributed by atoms with Gasteiger partial charge in [0.15, 0.2) is 0 Å². The van der Waals surface area contributed by atoms with E-state index in [1.165, 1.54) is 0 Å². The first-order valence-electron chi connectivity index (χ1n) is 6.98. The first kappa shape index (κ1) is 15.8. The molecular weight excluding hydrogens is 332 g/mol. The van der Waals surface area contributed by atoms with E-state index in [0.29, 0.717) is 5.69 Å². The molecule has 0 fully saturated rings. The molecular formula is C16H19BrN2O2. The van der Waals surface area contributed by atoms with Crippen LogP contribution in [0.3, 0.4) is 0 Å². The molecule has 1 aromatic heterocycles. The number of aromatic nitrogens is 1. The summed E-state index contributed by atoms with van der Waals surface area (Å²) in [6.07, 6.45) is 2.85. The average molecular weight is 351 g/mol. The van der Waals surface area contributed by atoms with Crippen LogP contribution in [0.15, 0.2) is 47.1 Å². The monoisotopic (exact) mass is 350 g/mol. The van der Waals surface area contributed by atoms with Gasteiger partial charge < -0.3 is 15.0 Å². The molecule has 1 heterocycles. The maximum atomic E-state index is 12.4. The largest absolute Gasteiger partial charge is 0.394 e. The molecule has 0 aliphatic heterocycles. The van der Waals surface area contributed by atoms with Gasteiger partial charge in [-0.25, -0.2) is 0 Å². The fourth-order valence-electron chi connectivity index (χ4n) is 2.24. The quantitative estimate of drug-likeness (QED) is 0.840. The van der Waals surface area contributed by atoms with Crippen LogP contribution in [0.4, 0.5) is 0 Å². The van der Waals surface area contributed by atoms with E-state index in [2.05, 4.69) is 28.2 Å². The summed E-state index contributed by atoms with van der Waals surface area (Å²) in [7, 11) is 0. The van der Waals surface area contributed by atoms with E-state index in [0.717, 1.165) is 23.0 Å². The number of aliphatic hydroxyl groups excluding tert-OH is 1. The van der Waals surface area contributed by atoms with Crippen LogP contribution in [0.5, 0.6) is 0 Å². The summed E-state index contributed by atoms with van der Waals surface area (Å²) in [4.78, 5) is 12.4. The van der Waals surface area contributed by atoms with E-state index in [9.17, 15) is 9.90 Å². The van der Waals surface area contributed by atoms with E-state index < -0.39 is 6.04 Å². The van der Waals surface area contributed by atoms with Gasteiger partial charge in [0, 0.05) is 17.2 Å². The second kappa shape index (κ2) is 7.43. The number of aryl methyl sites for hydroxylation is 1. The van der Waals surface area contributed by atoms with Crippen LogP contribution < -0.4 is 5.32 Å². The highest BCUT2D eigenvalue weighted by molar-refractivity contribution is 9.10. The number of carbonyl (C=O) groups excluding carboxylic acids is 1. The van der Waals surface area contributed by atoms with Gasteiger partial charge in [-0.3, -0.25) is 4.79 Å². The number of carbonyl (C=O) groups is 1. The average Bonchev–Trinajstić information content (AvgIpc) is 2.87. The van der Waals surface area contributed by atoms with Crippen molar-refractivity contribution >= 4 is 21.8 Å². The van der Waals surface area contributed by atoms with E-state index in [-0.39, 0.29) is 12.5 Å². The number of aliphatic hydroxyl groups is 1. The Kier molecular flexibility index (Phi) is 5.59. The molecule has 0 aliphatic rings. The van der Waals surface area contributed by atoms with Crippen molar-refractivity contribution in [1.82, 2.24) is 9.88 Å². The van der Waals surface area contributed by atoms with Gasteiger partial charge >= 0.3 is 0 Å². The highest BCUT2D eigenvalue weighted by Gasteiger charge is 2.18. The zero-order valence-electron chi connectivity index (χ0n) is 11.9. The molecule has 2 N–H and O–H groups in total. The van der Waals surface area contributed by atoms with Gasteiger partial charge in [0.05, 0.1) is 12.6 Å². The third-order valence-electron chi connectivity index (χ3n) is 3.25. The molecule has 0 saturated carbocycles. The van der Waals surface area contributed by atoms with Crippen molar-refractivity contribution in [2.24, 2.45) is 0 Å². The molecule has 0 aliphatic carbocycles. The van der Waals surface area contributed by atoms with Crippen molar-refractivity contribution in [2.45, 2.75) is 25.9 Å². The minimum absolute atomic E-state index is 0.134. The number of benzene rings is 1. The van der Waals surface area contributed by atoms with Crippen molar-refractivity contribution in [3.63, 3.8) is 0 Å². The Balaban J connectivity index is 2.16. The normalized spacial score (nSPS) is 12.1. The molecule has 0 saturated heterocycles. The third-order valence-corrected chi connectivity index (χ3v) is 3.68. The number of nitrogens with one attached hydrogen (secondary N) is 1. The van der Waals surface area contributed by atoms with Crippen molar-refractivity contribution in [1.29, 1.82) is 0 Å². The Morgan fingerprint density at radius 2 is 2.10 bits per heavy atom. The fraction of sp³-hybridized carbons (Fsp3) is 0.312. The molecule has 1 atom stereocenters. The summed E-state index contributed by atoms with van der Waals surface area (Å²) in [5.74, 6) is -0.183. The van der Waals surface area contributed by atoms with Crippen LogP contribution in [0.2, 0.25) is 0 Å². The lowest BCUT2D eigenvalue weighted by atomic mass is 10.1. The molecule has 4 nitrogen and oxygen atoms in total. The lowest BCUT2D eigenvalue weighted by molar-refractivity contribution is 0.0906. The zero-order chi connectivity index (χ0) is 15.2. The minimum Gasteiger partial charge on any atom is -0.394 e. The maximum Gasteiger partial charge on any atom is 0.268 e. The number of halogens is 1. The van der Waals surface area contributed by atoms with Gasteiger partial charge in [0.1, 0.15) is 5.69 Å². The van der Waals surface area contributed by atoms with Crippen LogP contribution in [-0.2, 0) is 6.54 Å². The highest BCUT2D eigenvalue weighted by atomic mass is 79.9.